The highest BCUT2D eigenvalue weighted by Crippen LogP contribution is 2.40. The summed E-state index contributed by atoms with van der Waals surface area (Å²) in [5, 5.41) is 9.55. The van der Waals surface area contributed by atoms with Crippen molar-refractivity contribution in [1.29, 1.82) is 0 Å². The molecule has 0 aromatic heterocycles. The average Bonchev–Trinajstić information content (AvgIpc) is 2.87. The first-order chi connectivity index (χ1) is 16.2. The molecular formula is C27H24N2O4. The number of hydrogen-bond acceptors (Lipinski definition) is 6. The first-order valence-corrected chi connectivity index (χ1v) is 10.7. The molecule has 0 radical (unpaired) electrons. The molecule has 6 nitrogen and oxygen atoms in total. The fourth-order valence-corrected chi connectivity index (χ4v) is 4.09. The molecule has 166 valence electrons. The van der Waals surface area contributed by atoms with E-state index in [2.05, 4.69) is 47.0 Å². The molecule has 0 atom stereocenters. The van der Waals surface area contributed by atoms with Gasteiger partial charge in [0, 0.05) is 16.8 Å². The van der Waals surface area contributed by atoms with Gasteiger partial charge in [0.15, 0.2) is 11.5 Å². The number of hydrogen-bond donors (Lipinski definition) is 2. The van der Waals surface area contributed by atoms with Crippen LogP contribution in [0.25, 0.3) is 10.8 Å². The molecule has 0 saturated carbocycles. The zero-order chi connectivity index (χ0) is 22.8. The van der Waals surface area contributed by atoms with Crippen LogP contribution in [-0.2, 0) is 11.3 Å². The Morgan fingerprint density at radius 1 is 0.848 bits per heavy atom. The largest absolute Gasteiger partial charge is 0.493 e. The lowest BCUT2D eigenvalue weighted by atomic mass is 10.0. The number of esters is 1. The molecule has 0 unspecified atom stereocenters. The summed E-state index contributed by atoms with van der Waals surface area (Å²) in [6.45, 7) is 0.354. The maximum atomic E-state index is 11.6. The lowest BCUT2D eigenvalue weighted by Crippen LogP contribution is -2.23. The number of methoxy groups -OCH3 is 2. The number of nitrogens with one attached hydrogen (secondary N) is 2. The third kappa shape index (κ3) is 4.03. The van der Waals surface area contributed by atoms with E-state index in [1.54, 1.807) is 19.2 Å². The van der Waals surface area contributed by atoms with Crippen LogP contribution in [0.1, 0.15) is 27.7 Å². The van der Waals surface area contributed by atoms with E-state index >= 15 is 0 Å². The van der Waals surface area contributed by atoms with E-state index in [-0.39, 0.29) is 12.1 Å². The van der Waals surface area contributed by atoms with E-state index in [0.717, 1.165) is 22.5 Å². The van der Waals surface area contributed by atoms with Crippen molar-refractivity contribution in [2.45, 2.75) is 12.8 Å². The molecule has 1 aliphatic rings. The zero-order valence-corrected chi connectivity index (χ0v) is 18.4. The topological polar surface area (TPSA) is 68.8 Å². The quantitative estimate of drug-likeness (QED) is 0.372. The summed E-state index contributed by atoms with van der Waals surface area (Å²) in [5.74, 6) is 0.944. The van der Waals surface area contributed by atoms with Gasteiger partial charge in [-0.15, -0.1) is 0 Å². The van der Waals surface area contributed by atoms with Crippen LogP contribution in [0.5, 0.6) is 11.5 Å². The molecule has 0 amide bonds. The van der Waals surface area contributed by atoms with Crippen molar-refractivity contribution in [2.75, 3.05) is 24.9 Å². The highest BCUT2D eigenvalue weighted by atomic mass is 16.5. The summed E-state index contributed by atoms with van der Waals surface area (Å²) in [5.41, 5.74) is 4.68. The second-order valence-corrected chi connectivity index (χ2v) is 7.82. The number of rotatable bonds is 6. The van der Waals surface area contributed by atoms with Crippen LogP contribution in [0.3, 0.4) is 0 Å². The van der Waals surface area contributed by atoms with Gasteiger partial charge in [-0.3, -0.25) is 0 Å². The number of ether oxygens (including phenoxy) is 3. The first-order valence-electron chi connectivity index (χ1n) is 10.7. The van der Waals surface area contributed by atoms with E-state index in [9.17, 15) is 4.79 Å². The summed E-state index contributed by atoms with van der Waals surface area (Å²) in [6, 6.07) is 25.6. The van der Waals surface area contributed by atoms with E-state index in [1.807, 2.05) is 30.3 Å². The van der Waals surface area contributed by atoms with Crippen molar-refractivity contribution in [2.24, 2.45) is 0 Å². The van der Waals surface area contributed by atoms with Gasteiger partial charge in [-0.25, -0.2) is 4.79 Å². The van der Waals surface area contributed by atoms with Crippen LogP contribution in [0.2, 0.25) is 0 Å². The van der Waals surface area contributed by atoms with Crippen molar-refractivity contribution in [3.05, 3.63) is 95.6 Å². The third-order valence-electron chi connectivity index (χ3n) is 5.79. The first kappa shape index (κ1) is 20.7. The third-order valence-corrected chi connectivity index (χ3v) is 5.79. The van der Waals surface area contributed by atoms with Gasteiger partial charge in [-0.1, -0.05) is 42.5 Å². The van der Waals surface area contributed by atoms with Crippen LogP contribution in [0.4, 0.5) is 11.4 Å². The Hall–Kier alpha value is -4.19. The Morgan fingerprint density at radius 3 is 2.18 bits per heavy atom. The molecular weight excluding hydrogens is 416 g/mol. The Balaban J connectivity index is 1.33. The molecule has 0 spiro atoms. The van der Waals surface area contributed by atoms with Crippen molar-refractivity contribution in [1.82, 2.24) is 0 Å². The van der Waals surface area contributed by atoms with E-state index in [0.29, 0.717) is 23.7 Å². The SMILES string of the molecule is COC(=O)c1ccc(COc2ccc(C3Nc4cccc5cccc(c45)N3)cc2OC)cc1. The molecule has 2 N–H and O–H groups in total. The molecule has 6 heteroatoms. The van der Waals surface area contributed by atoms with Gasteiger partial charge in [0.05, 0.1) is 19.8 Å². The minimum atomic E-state index is -0.358. The molecule has 5 rings (SSSR count). The molecule has 4 aromatic rings. The van der Waals surface area contributed by atoms with Gasteiger partial charge < -0.3 is 24.8 Å². The summed E-state index contributed by atoms with van der Waals surface area (Å²) < 4.78 is 16.4. The van der Waals surface area contributed by atoms with Crippen molar-refractivity contribution >= 4 is 28.1 Å². The molecule has 0 bridgehead atoms. The monoisotopic (exact) mass is 440 g/mol. The van der Waals surface area contributed by atoms with Gasteiger partial charge in [0.2, 0.25) is 0 Å². The highest BCUT2D eigenvalue weighted by Gasteiger charge is 2.21. The van der Waals surface area contributed by atoms with Gasteiger partial charge in [0.25, 0.3) is 0 Å². The van der Waals surface area contributed by atoms with Gasteiger partial charge in [-0.2, -0.15) is 0 Å². The number of benzene rings is 4. The Kier molecular flexibility index (Phi) is 5.48. The Morgan fingerprint density at radius 2 is 1.55 bits per heavy atom. The van der Waals surface area contributed by atoms with Crippen LogP contribution < -0.4 is 20.1 Å². The molecule has 1 aliphatic heterocycles. The summed E-state index contributed by atoms with van der Waals surface area (Å²) in [7, 11) is 3.00. The lowest BCUT2D eigenvalue weighted by Gasteiger charge is -2.30. The fraction of sp³-hybridized carbons (Fsp3) is 0.148. The van der Waals surface area contributed by atoms with Crippen LogP contribution in [0.15, 0.2) is 78.9 Å². The van der Waals surface area contributed by atoms with Gasteiger partial charge in [-0.05, 0) is 52.9 Å². The maximum Gasteiger partial charge on any atom is 0.337 e. The zero-order valence-electron chi connectivity index (χ0n) is 18.4. The molecule has 33 heavy (non-hydrogen) atoms. The Bertz CT molecular complexity index is 1280. The predicted molar refractivity (Wildman–Crippen MR) is 129 cm³/mol. The standard InChI is InChI=1S/C27H24N2O4/c1-31-24-15-20(26-28-21-7-3-5-18-6-4-8-22(29-26)25(18)21)13-14-23(24)33-16-17-9-11-19(12-10-17)27(30)32-2/h3-15,26,28-29H,16H2,1-2H3. The minimum absolute atomic E-state index is 0.0979. The van der Waals surface area contributed by atoms with Crippen molar-refractivity contribution in [3.63, 3.8) is 0 Å². The smallest absolute Gasteiger partial charge is 0.337 e. The number of carbonyl (C=O) groups is 1. The van der Waals surface area contributed by atoms with Crippen molar-refractivity contribution < 1.29 is 19.0 Å². The number of anilines is 2. The fourth-order valence-electron chi connectivity index (χ4n) is 4.09. The molecule has 0 aliphatic carbocycles. The lowest BCUT2D eigenvalue weighted by molar-refractivity contribution is 0.0600. The van der Waals surface area contributed by atoms with E-state index < -0.39 is 0 Å². The molecule has 4 aromatic carbocycles. The highest BCUT2D eigenvalue weighted by molar-refractivity contribution is 6.04. The van der Waals surface area contributed by atoms with Crippen LogP contribution >= 0.6 is 0 Å². The van der Waals surface area contributed by atoms with Gasteiger partial charge >= 0.3 is 5.97 Å². The summed E-state index contributed by atoms with van der Waals surface area (Å²) in [4.78, 5) is 11.6. The molecule has 0 saturated heterocycles. The number of carbonyl (C=O) groups excluding carboxylic acids is 1. The Labute approximate surface area is 192 Å². The second-order valence-electron chi connectivity index (χ2n) is 7.82. The second kappa shape index (κ2) is 8.74. The minimum Gasteiger partial charge on any atom is -0.493 e. The molecule has 1 heterocycles. The molecule has 0 fully saturated rings. The maximum absolute atomic E-state index is 11.6. The van der Waals surface area contributed by atoms with Crippen LogP contribution in [-0.4, -0.2) is 20.2 Å². The summed E-state index contributed by atoms with van der Waals surface area (Å²) in [6.07, 6.45) is -0.0979. The summed E-state index contributed by atoms with van der Waals surface area (Å²) >= 11 is 0. The predicted octanol–water partition coefficient (Wildman–Crippen LogP) is 5.75. The van der Waals surface area contributed by atoms with Crippen molar-refractivity contribution in [3.8, 4) is 11.5 Å². The van der Waals surface area contributed by atoms with Gasteiger partial charge in [0.1, 0.15) is 12.8 Å². The van der Waals surface area contributed by atoms with E-state index in [1.165, 1.54) is 17.9 Å². The van der Waals surface area contributed by atoms with E-state index in [4.69, 9.17) is 14.2 Å². The normalized spacial score (nSPS) is 12.5. The van der Waals surface area contributed by atoms with Crippen LogP contribution in [0, 0.1) is 0 Å². The average molecular weight is 440 g/mol.